The van der Waals surface area contributed by atoms with Crippen LogP contribution in [0.2, 0.25) is 0 Å². The molecule has 112 valence electrons. The normalized spacial score (nSPS) is 12.0. The number of likely N-dealkylation sites (N-methyl/N-ethyl adjacent to an activating group) is 1. The van der Waals surface area contributed by atoms with E-state index in [4.69, 9.17) is 4.74 Å². The molecule has 0 fully saturated rings. The molecule has 4 heteroatoms. The minimum absolute atomic E-state index is 0.0273. The van der Waals surface area contributed by atoms with E-state index in [2.05, 4.69) is 37.5 Å². The minimum Gasteiger partial charge on any atom is -0.493 e. The first-order chi connectivity index (χ1) is 9.52. The highest BCUT2D eigenvalue weighted by Gasteiger charge is 2.05. The average molecular weight is 278 g/mol. The Hall–Kier alpha value is -1.55. The molecule has 0 spiro atoms. The first-order valence-corrected chi connectivity index (χ1v) is 7.23. The lowest BCUT2D eigenvalue weighted by Crippen LogP contribution is -2.39. The Morgan fingerprint density at radius 3 is 2.75 bits per heavy atom. The lowest BCUT2D eigenvalue weighted by Gasteiger charge is -2.13. The van der Waals surface area contributed by atoms with Crippen LogP contribution in [-0.2, 0) is 4.79 Å². The van der Waals surface area contributed by atoms with E-state index in [1.807, 2.05) is 19.1 Å². The number of hydrogen-bond acceptors (Lipinski definition) is 3. The third-order valence-corrected chi connectivity index (χ3v) is 3.08. The summed E-state index contributed by atoms with van der Waals surface area (Å²) in [6.45, 7) is 10.1. The van der Waals surface area contributed by atoms with E-state index >= 15 is 0 Å². The van der Waals surface area contributed by atoms with Crippen LogP contribution < -0.4 is 15.4 Å². The van der Waals surface area contributed by atoms with Gasteiger partial charge in [-0.15, -0.1) is 0 Å². The van der Waals surface area contributed by atoms with Crippen molar-refractivity contribution in [3.8, 4) is 5.75 Å². The first-order valence-electron chi connectivity index (χ1n) is 7.23. The number of ether oxygens (including phenoxy) is 1. The van der Waals surface area contributed by atoms with Gasteiger partial charge in [0, 0.05) is 12.6 Å². The summed E-state index contributed by atoms with van der Waals surface area (Å²) < 4.78 is 5.64. The fraction of sp³-hybridized carbons (Fsp3) is 0.562. The van der Waals surface area contributed by atoms with Gasteiger partial charge >= 0.3 is 0 Å². The summed E-state index contributed by atoms with van der Waals surface area (Å²) >= 11 is 0. The second-order valence-electron chi connectivity index (χ2n) is 5.13. The van der Waals surface area contributed by atoms with Gasteiger partial charge in [0.1, 0.15) is 5.75 Å². The molecule has 20 heavy (non-hydrogen) atoms. The summed E-state index contributed by atoms with van der Waals surface area (Å²) in [5.74, 6) is 0.879. The summed E-state index contributed by atoms with van der Waals surface area (Å²) in [5, 5.41) is 6.15. The van der Waals surface area contributed by atoms with Gasteiger partial charge in [0.15, 0.2) is 0 Å². The predicted octanol–water partition coefficient (Wildman–Crippen LogP) is 2.19. The van der Waals surface area contributed by atoms with Gasteiger partial charge in [0.2, 0.25) is 5.91 Å². The van der Waals surface area contributed by atoms with E-state index in [9.17, 15) is 4.79 Å². The molecule has 0 aliphatic heterocycles. The zero-order chi connectivity index (χ0) is 15.0. The van der Waals surface area contributed by atoms with E-state index in [0.717, 1.165) is 17.9 Å². The number of rotatable bonds is 8. The molecule has 0 bridgehead atoms. The summed E-state index contributed by atoms with van der Waals surface area (Å²) in [5.41, 5.74) is 2.32. The zero-order valence-electron chi connectivity index (χ0n) is 13.0. The van der Waals surface area contributed by atoms with Crippen molar-refractivity contribution in [2.75, 3.05) is 19.7 Å². The molecular formula is C16H26N2O2. The lowest BCUT2D eigenvalue weighted by molar-refractivity contribution is -0.121. The lowest BCUT2D eigenvalue weighted by atomic mass is 10.1. The van der Waals surface area contributed by atoms with Crippen molar-refractivity contribution in [3.05, 3.63) is 29.3 Å². The Kier molecular flexibility index (Phi) is 7.09. The zero-order valence-corrected chi connectivity index (χ0v) is 13.0. The smallest absolute Gasteiger partial charge is 0.223 e. The van der Waals surface area contributed by atoms with Gasteiger partial charge in [-0.25, -0.2) is 0 Å². The molecule has 0 radical (unpaired) electrons. The predicted molar refractivity (Wildman–Crippen MR) is 82.2 cm³/mol. The molecule has 4 nitrogen and oxygen atoms in total. The number of carbonyl (C=O) groups is 1. The average Bonchev–Trinajstić information content (AvgIpc) is 2.39. The molecule has 1 rings (SSSR count). The molecule has 0 aliphatic carbocycles. The highest BCUT2D eigenvalue weighted by molar-refractivity contribution is 5.76. The molecule has 0 aromatic heterocycles. The van der Waals surface area contributed by atoms with Crippen molar-refractivity contribution in [1.82, 2.24) is 10.6 Å². The molecule has 1 amide bonds. The van der Waals surface area contributed by atoms with Crippen LogP contribution in [0, 0.1) is 13.8 Å². The minimum atomic E-state index is 0.0273. The topological polar surface area (TPSA) is 50.4 Å². The maximum Gasteiger partial charge on any atom is 0.223 e. The highest BCUT2D eigenvalue weighted by Crippen LogP contribution is 2.18. The van der Waals surface area contributed by atoms with Gasteiger partial charge in [0.25, 0.3) is 0 Å². The van der Waals surface area contributed by atoms with Crippen LogP contribution in [0.4, 0.5) is 0 Å². The van der Waals surface area contributed by atoms with E-state index in [1.54, 1.807) is 0 Å². The summed E-state index contributed by atoms with van der Waals surface area (Å²) in [4.78, 5) is 11.7. The number of benzene rings is 1. The molecule has 1 aromatic rings. The van der Waals surface area contributed by atoms with E-state index in [-0.39, 0.29) is 5.91 Å². The maximum absolute atomic E-state index is 11.7. The maximum atomic E-state index is 11.7. The second kappa shape index (κ2) is 8.59. The Bertz CT molecular complexity index is 432. The summed E-state index contributed by atoms with van der Waals surface area (Å²) in [6, 6.07) is 6.34. The monoisotopic (exact) mass is 278 g/mol. The second-order valence-corrected chi connectivity index (χ2v) is 5.13. The number of hydrogen-bond donors (Lipinski definition) is 2. The largest absolute Gasteiger partial charge is 0.493 e. The standard InChI is InChI=1S/C16H26N2O2/c1-5-17-14(4)11-18-16(19)8-9-20-15-7-6-12(2)10-13(15)3/h6-7,10,14,17H,5,8-9,11H2,1-4H3,(H,18,19)/t14-/m1/s1. The van der Waals surface area contributed by atoms with E-state index < -0.39 is 0 Å². The SMILES string of the molecule is CCN[C@H](C)CNC(=O)CCOc1ccc(C)cc1C. The Balaban J connectivity index is 2.24. The van der Waals surface area contributed by atoms with E-state index in [1.165, 1.54) is 5.56 Å². The number of carbonyl (C=O) groups excluding carboxylic acids is 1. The van der Waals surface area contributed by atoms with Crippen molar-refractivity contribution in [2.45, 2.75) is 40.2 Å². The molecule has 2 N–H and O–H groups in total. The van der Waals surface area contributed by atoms with Crippen molar-refractivity contribution < 1.29 is 9.53 Å². The van der Waals surface area contributed by atoms with Crippen LogP contribution in [0.5, 0.6) is 5.75 Å². The van der Waals surface area contributed by atoms with Gasteiger partial charge in [-0.3, -0.25) is 4.79 Å². The van der Waals surface area contributed by atoms with E-state index in [0.29, 0.717) is 25.6 Å². The van der Waals surface area contributed by atoms with Crippen molar-refractivity contribution in [2.24, 2.45) is 0 Å². The highest BCUT2D eigenvalue weighted by atomic mass is 16.5. The summed E-state index contributed by atoms with van der Waals surface area (Å²) in [7, 11) is 0. The molecule has 0 saturated carbocycles. The number of aryl methyl sites for hydroxylation is 2. The fourth-order valence-electron chi connectivity index (χ4n) is 1.99. The van der Waals surface area contributed by atoms with Crippen LogP contribution >= 0.6 is 0 Å². The van der Waals surface area contributed by atoms with Crippen LogP contribution in [0.25, 0.3) is 0 Å². The Labute approximate surface area is 121 Å². The molecule has 0 unspecified atom stereocenters. The van der Waals surface area contributed by atoms with Gasteiger partial charge < -0.3 is 15.4 Å². The fourth-order valence-corrected chi connectivity index (χ4v) is 1.99. The van der Waals surface area contributed by atoms with Crippen LogP contribution in [0.15, 0.2) is 18.2 Å². The third-order valence-electron chi connectivity index (χ3n) is 3.08. The van der Waals surface area contributed by atoms with Crippen molar-refractivity contribution >= 4 is 5.91 Å². The number of amides is 1. The van der Waals surface area contributed by atoms with Gasteiger partial charge in [-0.1, -0.05) is 24.6 Å². The van der Waals surface area contributed by atoms with Crippen LogP contribution in [0.3, 0.4) is 0 Å². The van der Waals surface area contributed by atoms with Crippen molar-refractivity contribution in [1.29, 1.82) is 0 Å². The molecule has 1 atom stereocenters. The molecular weight excluding hydrogens is 252 g/mol. The third kappa shape index (κ3) is 6.06. The Morgan fingerprint density at radius 2 is 2.10 bits per heavy atom. The van der Waals surface area contributed by atoms with Gasteiger partial charge in [-0.05, 0) is 38.9 Å². The van der Waals surface area contributed by atoms with Crippen LogP contribution in [0.1, 0.15) is 31.4 Å². The first kappa shape index (κ1) is 16.5. The van der Waals surface area contributed by atoms with Crippen LogP contribution in [-0.4, -0.2) is 31.6 Å². The Morgan fingerprint density at radius 1 is 1.35 bits per heavy atom. The molecule has 0 heterocycles. The van der Waals surface area contributed by atoms with Gasteiger partial charge in [-0.2, -0.15) is 0 Å². The van der Waals surface area contributed by atoms with Gasteiger partial charge in [0.05, 0.1) is 13.0 Å². The molecule has 1 aromatic carbocycles. The quantitative estimate of drug-likeness (QED) is 0.766. The molecule has 0 aliphatic rings. The summed E-state index contributed by atoms with van der Waals surface area (Å²) in [6.07, 6.45) is 0.381. The number of nitrogens with one attached hydrogen (secondary N) is 2. The van der Waals surface area contributed by atoms with Crippen molar-refractivity contribution in [3.63, 3.8) is 0 Å². The molecule has 0 saturated heterocycles.